The van der Waals surface area contributed by atoms with Crippen LogP contribution >= 0.6 is 0 Å². The number of aromatic nitrogens is 1. The lowest BCUT2D eigenvalue weighted by Crippen LogP contribution is -2.41. The highest BCUT2D eigenvalue weighted by molar-refractivity contribution is 7.89. The largest absolute Gasteiger partial charge is 0.492 e. The van der Waals surface area contributed by atoms with Gasteiger partial charge in [-0.1, -0.05) is 36.4 Å². The van der Waals surface area contributed by atoms with Gasteiger partial charge in [0.25, 0.3) is 0 Å². The van der Waals surface area contributed by atoms with Crippen LogP contribution < -0.4 is 14.2 Å². The van der Waals surface area contributed by atoms with Gasteiger partial charge in [0.2, 0.25) is 15.9 Å². The molecule has 156 valence electrons. The average Bonchev–Trinajstić information content (AvgIpc) is 2.88. The van der Waals surface area contributed by atoms with Crippen molar-refractivity contribution in [2.75, 3.05) is 26.3 Å². The van der Waals surface area contributed by atoms with Crippen molar-refractivity contribution in [2.45, 2.75) is 11.0 Å². The molecule has 7 nitrogen and oxygen atoms in total. The molecule has 0 aliphatic carbocycles. The van der Waals surface area contributed by atoms with E-state index in [0.717, 1.165) is 0 Å². The standard InChI is InChI=1S/C22H22N2O5S/c25-30(26)21-12-7-13-23-22(21)29-20(17-28-19-10-5-2-6-11-19)16-24(30)14-15-27-18-8-3-1-4-9-18/h1-13,20H,14-17H2. The van der Waals surface area contributed by atoms with Crippen LogP contribution in [0.4, 0.5) is 0 Å². The number of hydrogen-bond donors (Lipinski definition) is 0. The SMILES string of the molecule is O=S1(=O)c2cccnc2OC(COc2ccccc2)CN1CCOc1ccccc1. The Bertz CT molecular complexity index is 1060. The van der Waals surface area contributed by atoms with E-state index in [4.69, 9.17) is 14.2 Å². The zero-order valence-corrected chi connectivity index (χ0v) is 17.1. The van der Waals surface area contributed by atoms with Gasteiger partial charge < -0.3 is 14.2 Å². The van der Waals surface area contributed by atoms with Crippen molar-refractivity contribution in [3.8, 4) is 17.4 Å². The molecule has 0 fully saturated rings. The van der Waals surface area contributed by atoms with E-state index in [1.165, 1.54) is 16.6 Å². The monoisotopic (exact) mass is 426 g/mol. The van der Waals surface area contributed by atoms with E-state index in [9.17, 15) is 8.42 Å². The molecule has 1 aliphatic heterocycles. The van der Waals surface area contributed by atoms with Crippen LogP contribution in [0, 0.1) is 0 Å². The molecule has 2 heterocycles. The number of pyridine rings is 1. The maximum Gasteiger partial charge on any atom is 0.248 e. The first kappa shape index (κ1) is 20.2. The molecule has 0 radical (unpaired) electrons. The van der Waals surface area contributed by atoms with Gasteiger partial charge in [-0.15, -0.1) is 0 Å². The third kappa shape index (κ3) is 4.72. The van der Waals surface area contributed by atoms with E-state index in [2.05, 4.69) is 4.98 Å². The van der Waals surface area contributed by atoms with E-state index in [-0.39, 0.29) is 37.1 Å². The Morgan fingerprint density at radius 2 is 1.60 bits per heavy atom. The molecule has 0 bridgehead atoms. The predicted molar refractivity (Wildman–Crippen MR) is 111 cm³/mol. The van der Waals surface area contributed by atoms with Gasteiger partial charge in [-0.05, 0) is 36.4 Å². The molecule has 0 saturated heterocycles. The third-order valence-corrected chi connectivity index (χ3v) is 6.45. The second-order valence-electron chi connectivity index (χ2n) is 6.70. The molecule has 2 aromatic carbocycles. The number of hydrogen-bond acceptors (Lipinski definition) is 6. The minimum Gasteiger partial charge on any atom is -0.492 e. The van der Waals surface area contributed by atoms with Gasteiger partial charge in [0.1, 0.15) is 35.7 Å². The lowest BCUT2D eigenvalue weighted by molar-refractivity contribution is 0.105. The first-order valence-corrected chi connectivity index (χ1v) is 11.0. The number of sulfonamides is 1. The lowest BCUT2D eigenvalue weighted by Gasteiger charge is -2.23. The molecular weight excluding hydrogens is 404 g/mol. The van der Waals surface area contributed by atoms with Crippen molar-refractivity contribution in [2.24, 2.45) is 0 Å². The smallest absolute Gasteiger partial charge is 0.248 e. The average molecular weight is 426 g/mol. The number of benzene rings is 2. The molecule has 0 N–H and O–H groups in total. The number of ether oxygens (including phenoxy) is 3. The van der Waals surface area contributed by atoms with E-state index >= 15 is 0 Å². The van der Waals surface area contributed by atoms with Crippen LogP contribution in [0.2, 0.25) is 0 Å². The highest BCUT2D eigenvalue weighted by Gasteiger charge is 2.35. The molecule has 1 aromatic heterocycles. The fourth-order valence-electron chi connectivity index (χ4n) is 3.11. The summed E-state index contributed by atoms with van der Waals surface area (Å²) in [6, 6.07) is 21.7. The Kier molecular flexibility index (Phi) is 6.15. The van der Waals surface area contributed by atoms with Gasteiger partial charge >= 0.3 is 0 Å². The zero-order valence-electron chi connectivity index (χ0n) is 16.3. The zero-order chi connectivity index (χ0) is 20.8. The molecule has 1 unspecified atom stereocenters. The summed E-state index contributed by atoms with van der Waals surface area (Å²) in [4.78, 5) is 4.18. The van der Waals surface area contributed by atoms with Crippen molar-refractivity contribution >= 4 is 10.0 Å². The van der Waals surface area contributed by atoms with Crippen LogP contribution in [0.25, 0.3) is 0 Å². The normalized spacial score (nSPS) is 17.9. The molecule has 1 aliphatic rings. The van der Waals surface area contributed by atoms with Crippen LogP contribution in [0.5, 0.6) is 17.4 Å². The fourth-order valence-corrected chi connectivity index (χ4v) is 4.63. The molecule has 8 heteroatoms. The second-order valence-corrected chi connectivity index (χ2v) is 8.60. The van der Waals surface area contributed by atoms with E-state index < -0.39 is 16.1 Å². The van der Waals surface area contributed by atoms with E-state index in [1.807, 2.05) is 60.7 Å². The van der Waals surface area contributed by atoms with Gasteiger partial charge in [0, 0.05) is 12.7 Å². The van der Waals surface area contributed by atoms with E-state index in [1.54, 1.807) is 6.07 Å². The maximum atomic E-state index is 13.2. The summed E-state index contributed by atoms with van der Waals surface area (Å²) in [6.45, 7) is 0.705. The summed E-state index contributed by atoms with van der Waals surface area (Å²) >= 11 is 0. The Morgan fingerprint density at radius 1 is 0.933 bits per heavy atom. The van der Waals surface area contributed by atoms with Crippen LogP contribution in [0.3, 0.4) is 0 Å². The number of para-hydroxylation sites is 2. The Balaban J connectivity index is 1.51. The molecule has 4 rings (SSSR count). The van der Waals surface area contributed by atoms with E-state index in [0.29, 0.717) is 11.5 Å². The van der Waals surface area contributed by atoms with Crippen LogP contribution in [0.15, 0.2) is 83.9 Å². The summed E-state index contributed by atoms with van der Waals surface area (Å²) in [5.41, 5.74) is 0. The summed E-state index contributed by atoms with van der Waals surface area (Å²) < 4.78 is 45.2. The van der Waals surface area contributed by atoms with Crippen molar-refractivity contribution in [3.05, 3.63) is 79.0 Å². The topological polar surface area (TPSA) is 78.0 Å². The molecule has 0 saturated carbocycles. The van der Waals surface area contributed by atoms with Gasteiger partial charge in [-0.25, -0.2) is 13.4 Å². The molecule has 1 atom stereocenters. The molecule has 0 spiro atoms. The first-order valence-electron chi connectivity index (χ1n) is 9.60. The Labute approximate surface area is 175 Å². The predicted octanol–water partition coefficient (Wildman–Crippen LogP) is 2.99. The highest BCUT2D eigenvalue weighted by Crippen LogP contribution is 2.29. The van der Waals surface area contributed by atoms with Gasteiger partial charge in [-0.3, -0.25) is 0 Å². The molecule has 30 heavy (non-hydrogen) atoms. The molecule has 3 aromatic rings. The molecular formula is C22H22N2O5S. The number of nitrogens with zero attached hydrogens (tertiary/aromatic N) is 2. The number of fused-ring (bicyclic) bond motifs is 1. The Hall–Kier alpha value is -3.10. The summed E-state index contributed by atoms with van der Waals surface area (Å²) in [6.07, 6.45) is 0.991. The minimum absolute atomic E-state index is 0.0481. The summed E-state index contributed by atoms with van der Waals surface area (Å²) in [5.74, 6) is 1.46. The maximum absolute atomic E-state index is 13.2. The van der Waals surface area contributed by atoms with Crippen LogP contribution in [-0.4, -0.2) is 50.1 Å². The van der Waals surface area contributed by atoms with Crippen molar-refractivity contribution in [3.63, 3.8) is 0 Å². The van der Waals surface area contributed by atoms with Crippen LogP contribution in [0.1, 0.15) is 0 Å². The lowest BCUT2D eigenvalue weighted by atomic mass is 10.3. The first-order chi connectivity index (χ1) is 14.6. The van der Waals surface area contributed by atoms with Crippen LogP contribution in [-0.2, 0) is 10.0 Å². The minimum atomic E-state index is -3.78. The fraction of sp³-hybridized carbons (Fsp3) is 0.227. The third-order valence-electron chi connectivity index (χ3n) is 4.57. The van der Waals surface area contributed by atoms with Gasteiger partial charge in [-0.2, -0.15) is 4.31 Å². The van der Waals surface area contributed by atoms with Crippen molar-refractivity contribution in [1.29, 1.82) is 0 Å². The highest BCUT2D eigenvalue weighted by atomic mass is 32.2. The van der Waals surface area contributed by atoms with Gasteiger partial charge in [0.05, 0.1) is 6.54 Å². The number of rotatable bonds is 7. The summed E-state index contributed by atoms with van der Waals surface area (Å²) in [7, 11) is -3.78. The van der Waals surface area contributed by atoms with Crippen molar-refractivity contribution in [1.82, 2.24) is 9.29 Å². The molecule has 0 amide bonds. The van der Waals surface area contributed by atoms with Gasteiger partial charge in [0.15, 0.2) is 0 Å². The van der Waals surface area contributed by atoms with Crippen molar-refractivity contribution < 1.29 is 22.6 Å². The Morgan fingerprint density at radius 3 is 2.30 bits per heavy atom. The second kappa shape index (κ2) is 9.15. The summed E-state index contributed by atoms with van der Waals surface area (Å²) in [5, 5.41) is 0. The quantitative estimate of drug-likeness (QED) is 0.578.